The maximum atomic E-state index is 12.1. The highest BCUT2D eigenvalue weighted by atomic mass is 16.5. The lowest BCUT2D eigenvalue weighted by molar-refractivity contribution is -0.118. The Labute approximate surface area is 101 Å². The molecule has 0 aliphatic carbocycles. The van der Waals surface area contributed by atoms with Gasteiger partial charge >= 0.3 is 0 Å². The maximum absolute atomic E-state index is 12.1. The molecular formula is C13H16N2O2. The Balaban J connectivity index is 2.05. The van der Waals surface area contributed by atoms with Gasteiger partial charge in [0.25, 0.3) is 0 Å². The molecule has 1 fully saturated rings. The van der Waals surface area contributed by atoms with Gasteiger partial charge in [0.2, 0.25) is 5.91 Å². The van der Waals surface area contributed by atoms with Crippen molar-refractivity contribution < 1.29 is 9.53 Å². The van der Waals surface area contributed by atoms with Gasteiger partial charge in [-0.1, -0.05) is 6.92 Å². The van der Waals surface area contributed by atoms with E-state index in [0.29, 0.717) is 5.92 Å². The molecule has 2 aliphatic rings. The lowest BCUT2D eigenvalue weighted by Crippen LogP contribution is -2.46. The van der Waals surface area contributed by atoms with E-state index in [0.717, 1.165) is 30.1 Å². The second-order valence-electron chi connectivity index (χ2n) is 4.78. The topological polar surface area (TPSA) is 41.6 Å². The molecule has 0 saturated carbocycles. The van der Waals surface area contributed by atoms with Gasteiger partial charge in [0.05, 0.1) is 18.5 Å². The van der Waals surface area contributed by atoms with Gasteiger partial charge in [-0.25, -0.2) is 0 Å². The zero-order chi connectivity index (χ0) is 12.0. The first kappa shape index (κ1) is 10.4. The van der Waals surface area contributed by atoms with Crippen LogP contribution in [0.2, 0.25) is 0 Å². The van der Waals surface area contributed by atoms with Crippen LogP contribution in [0.1, 0.15) is 13.3 Å². The Morgan fingerprint density at radius 2 is 2.29 bits per heavy atom. The average molecular weight is 232 g/mol. The number of rotatable bonds is 1. The SMILES string of the molecule is COc1ccc2c(c1)NC(=O)C1C(C)CCN21. The van der Waals surface area contributed by atoms with E-state index >= 15 is 0 Å². The van der Waals surface area contributed by atoms with Crippen molar-refractivity contribution in [3.05, 3.63) is 18.2 Å². The molecule has 17 heavy (non-hydrogen) atoms. The molecule has 1 aromatic carbocycles. The van der Waals surface area contributed by atoms with Crippen LogP contribution in [0.25, 0.3) is 0 Å². The molecule has 2 heterocycles. The minimum absolute atomic E-state index is 0.00380. The summed E-state index contributed by atoms with van der Waals surface area (Å²) in [6.07, 6.45) is 1.07. The van der Waals surface area contributed by atoms with Crippen LogP contribution in [-0.4, -0.2) is 25.6 Å². The molecule has 0 radical (unpaired) electrons. The van der Waals surface area contributed by atoms with Crippen molar-refractivity contribution in [3.8, 4) is 5.75 Å². The van der Waals surface area contributed by atoms with Gasteiger partial charge < -0.3 is 15.0 Å². The third-order valence-electron chi connectivity index (χ3n) is 3.74. The number of benzene rings is 1. The van der Waals surface area contributed by atoms with E-state index in [9.17, 15) is 4.79 Å². The molecule has 1 aromatic rings. The molecule has 3 rings (SSSR count). The van der Waals surface area contributed by atoms with Crippen LogP contribution in [0.3, 0.4) is 0 Å². The van der Waals surface area contributed by atoms with Crippen molar-refractivity contribution in [3.63, 3.8) is 0 Å². The van der Waals surface area contributed by atoms with Gasteiger partial charge in [0.1, 0.15) is 11.8 Å². The molecule has 4 heteroatoms. The molecule has 90 valence electrons. The number of anilines is 2. The predicted octanol–water partition coefficient (Wildman–Crippen LogP) is 1.86. The number of amides is 1. The average Bonchev–Trinajstić information content (AvgIpc) is 2.71. The summed E-state index contributed by atoms with van der Waals surface area (Å²) in [7, 11) is 1.63. The molecule has 2 atom stereocenters. The van der Waals surface area contributed by atoms with Crippen LogP contribution < -0.4 is 15.0 Å². The second kappa shape index (κ2) is 3.65. The van der Waals surface area contributed by atoms with Gasteiger partial charge in [-0.3, -0.25) is 4.79 Å². The summed E-state index contributed by atoms with van der Waals surface area (Å²) < 4.78 is 5.18. The second-order valence-corrected chi connectivity index (χ2v) is 4.78. The highest BCUT2D eigenvalue weighted by Gasteiger charge is 2.40. The molecule has 1 saturated heterocycles. The summed E-state index contributed by atoms with van der Waals surface area (Å²) in [6.45, 7) is 3.09. The Hall–Kier alpha value is -1.71. The molecule has 1 N–H and O–H groups in total. The Kier molecular flexibility index (Phi) is 2.24. The number of nitrogens with one attached hydrogen (secondary N) is 1. The third-order valence-corrected chi connectivity index (χ3v) is 3.74. The van der Waals surface area contributed by atoms with Gasteiger partial charge in [-0.2, -0.15) is 0 Å². The lowest BCUT2D eigenvalue weighted by atomic mass is 10.00. The number of hydrogen-bond acceptors (Lipinski definition) is 3. The first-order chi connectivity index (χ1) is 8.20. The van der Waals surface area contributed by atoms with Gasteiger partial charge in [-0.05, 0) is 24.5 Å². The van der Waals surface area contributed by atoms with Crippen LogP contribution in [0.4, 0.5) is 11.4 Å². The number of nitrogens with zero attached hydrogens (tertiary/aromatic N) is 1. The number of methoxy groups -OCH3 is 1. The van der Waals surface area contributed by atoms with Crippen LogP contribution >= 0.6 is 0 Å². The summed E-state index contributed by atoms with van der Waals surface area (Å²) >= 11 is 0. The number of carbonyl (C=O) groups is 1. The molecule has 2 unspecified atom stereocenters. The van der Waals surface area contributed by atoms with Gasteiger partial charge in [0.15, 0.2) is 0 Å². The van der Waals surface area contributed by atoms with E-state index in [2.05, 4.69) is 17.1 Å². The number of fused-ring (bicyclic) bond motifs is 3. The Bertz CT molecular complexity index is 472. The van der Waals surface area contributed by atoms with Crippen molar-refractivity contribution in [1.29, 1.82) is 0 Å². The summed E-state index contributed by atoms with van der Waals surface area (Å²) in [6, 6.07) is 5.84. The minimum atomic E-state index is -0.00380. The zero-order valence-corrected chi connectivity index (χ0v) is 10.1. The van der Waals surface area contributed by atoms with Crippen LogP contribution in [-0.2, 0) is 4.79 Å². The monoisotopic (exact) mass is 232 g/mol. The Morgan fingerprint density at radius 1 is 1.47 bits per heavy atom. The lowest BCUT2D eigenvalue weighted by Gasteiger charge is -2.34. The molecule has 0 aromatic heterocycles. The molecule has 4 nitrogen and oxygen atoms in total. The first-order valence-corrected chi connectivity index (χ1v) is 5.96. The largest absolute Gasteiger partial charge is 0.497 e. The maximum Gasteiger partial charge on any atom is 0.247 e. The number of hydrogen-bond donors (Lipinski definition) is 1. The van der Waals surface area contributed by atoms with Crippen LogP contribution in [0, 0.1) is 5.92 Å². The molecule has 0 bridgehead atoms. The summed E-state index contributed by atoms with van der Waals surface area (Å²) in [5, 5.41) is 2.98. The third kappa shape index (κ3) is 1.47. The van der Waals surface area contributed by atoms with E-state index in [4.69, 9.17) is 4.74 Å². The fraction of sp³-hybridized carbons (Fsp3) is 0.462. The number of ether oxygens (including phenoxy) is 1. The van der Waals surface area contributed by atoms with E-state index in [1.807, 2.05) is 18.2 Å². The first-order valence-electron chi connectivity index (χ1n) is 5.96. The van der Waals surface area contributed by atoms with Crippen molar-refractivity contribution in [1.82, 2.24) is 0 Å². The Morgan fingerprint density at radius 3 is 3.06 bits per heavy atom. The van der Waals surface area contributed by atoms with Gasteiger partial charge in [-0.15, -0.1) is 0 Å². The van der Waals surface area contributed by atoms with Gasteiger partial charge in [0, 0.05) is 12.6 Å². The smallest absolute Gasteiger partial charge is 0.247 e. The molecule has 2 aliphatic heterocycles. The van der Waals surface area contributed by atoms with Crippen molar-refractivity contribution in [2.45, 2.75) is 19.4 Å². The standard InChI is InChI=1S/C13H16N2O2/c1-8-5-6-15-11-4-3-9(17-2)7-10(11)14-13(16)12(8)15/h3-4,7-8,12H,5-6H2,1-2H3,(H,14,16). The van der Waals surface area contributed by atoms with Crippen molar-refractivity contribution in [2.75, 3.05) is 23.9 Å². The highest BCUT2D eigenvalue weighted by molar-refractivity contribution is 6.04. The van der Waals surface area contributed by atoms with Crippen molar-refractivity contribution >= 4 is 17.3 Å². The summed E-state index contributed by atoms with van der Waals surface area (Å²) in [5.74, 6) is 1.30. The normalized spacial score (nSPS) is 26.2. The van der Waals surface area contributed by atoms with E-state index < -0.39 is 0 Å². The predicted molar refractivity (Wildman–Crippen MR) is 66.5 cm³/mol. The molecular weight excluding hydrogens is 216 g/mol. The molecule has 1 amide bonds. The van der Waals surface area contributed by atoms with Crippen LogP contribution in [0.5, 0.6) is 5.75 Å². The van der Waals surface area contributed by atoms with Crippen molar-refractivity contribution in [2.24, 2.45) is 5.92 Å². The highest BCUT2D eigenvalue weighted by Crippen LogP contribution is 2.40. The molecule has 0 spiro atoms. The van der Waals surface area contributed by atoms with E-state index in [-0.39, 0.29) is 11.9 Å². The fourth-order valence-corrected chi connectivity index (χ4v) is 2.82. The van der Waals surface area contributed by atoms with E-state index in [1.54, 1.807) is 7.11 Å². The fourth-order valence-electron chi connectivity index (χ4n) is 2.82. The number of carbonyl (C=O) groups excluding carboxylic acids is 1. The zero-order valence-electron chi connectivity index (χ0n) is 10.1. The van der Waals surface area contributed by atoms with E-state index in [1.165, 1.54) is 0 Å². The quantitative estimate of drug-likeness (QED) is 0.803. The van der Waals surface area contributed by atoms with Crippen LogP contribution in [0.15, 0.2) is 18.2 Å². The summed E-state index contributed by atoms with van der Waals surface area (Å²) in [4.78, 5) is 14.3. The summed E-state index contributed by atoms with van der Waals surface area (Å²) in [5.41, 5.74) is 1.97. The minimum Gasteiger partial charge on any atom is -0.497 e.